The molecule has 3 aromatic rings. The lowest BCUT2D eigenvalue weighted by molar-refractivity contribution is -0.132. The van der Waals surface area contributed by atoms with Crippen molar-refractivity contribution in [2.45, 2.75) is 13.0 Å². The highest BCUT2D eigenvalue weighted by Gasteiger charge is 2.22. The number of carbonyl (C=O) groups is 2. The summed E-state index contributed by atoms with van der Waals surface area (Å²) in [5.74, 6) is -1.92. The summed E-state index contributed by atoms with van der Waals surface area (Å²) >= 11 is 23.3. The van der Waals surface area contributed by atoms with Crippen LogP contribution in [-0.2, 0) is 16.1 Å². The maximum atomic E-state index is 13.0. The Bertz CT molecular complexity index is 1460. The highest BCUT2D eigenvalue weighted by molar-refractivity contribution is 6.54. The summed E-state index contributed by atoms with van der Waals surface area (Å²) in [7, 11) is 0. The Balaban J connectivity index is 1.73. The van der Waals surface area contributed by atoms with Gasteiger partial charge in [-0.3, -0.25) is 14.2 Å². The molecule has 0 saturated carbocycles. The number of allylic oxidation sites excluding steroid dienone is 1. The normalized spacial score (nSPS) is 14.8. The molecule has 4 rings (SSSR count). The van der Waals surface area contributed by atoms with Gasteiger partial charge in [0.25, 0.3) is 11.5 Å². The van der Waals surface area contributed by atoms with Gasteiger partial charge in [-0.05, 0) is 54.0 Å². The number of hydrogen-bond acceptors (Lipinski definition) is 4. The van der Waals surface area contributed by atoms with Crippen LogP contribution >= 0.6 is 46.4 Å². The predicted molar refractivity (Wildman–Crippen MR) is 130 cm³/mol. The molecule has 0 aliphatic carbocycles. The van der Waals surface area contributed by atoms with E-state index >= 15 is 0 Å². The van der Waals surface area contributed by atoms with Gasteiger partial charge in [0.2, 0.25) is 0 Å². The van der Waals surface area contributed by atoms with Crippen LogP contribution in [0, 0.1) is 0 Å². The fraction of sp³-hybridized carbons (Fsp3) is 0.0909. The highest BCUT2D eigenvalue weighted by Crippen LogP contribution is 2.30. The molecule has 7 nitrogen and oxygen atoms in total. The monoisotopic (exact) mass is 523 g/mol. The SMILES string of the molecule is O=C(O)C(Cl)=C(Cl)C(=O)Nc1ccc2c(=O)n3c(nc2c1)C(=Cc1ccc(Cl)c(Cl)c1)CC3. The summed E-state index contributed by atoms with van der Waals surface area (Å²) < 4.78 is 1.59. The van der Waals surface area contributed by atoms with Gasteiger partial charge in [0, 0.05) is 12.2 Å². The summed E-state index contributed by atoms with van der Waals surface area (Å²) in [6.07, 6.45) is 2.50. The summed E-state index contributed by atoms with van der Waals surface area (Å²) in [6.45, 7) is 0.483. The number of carboxylic acids is 1. The number of nitrogens with one attached hydrogen (secondary N) is 1. The van der Waals surface area contributed by atoms with E-state index in [0.717, 1.165) is 11.1 Å². The van der Waals surface area contributed by atoms with Crippen molar-refractivity contribution in [2.24, 2.45) is 0 Å². The molecule has 2 heterocycles. The van der Waals surface area contributed by atoms with E-state index in [0.29, 0.717) is 39.7 Å². The molecule has 0 saturated heterocycles. The Kier molecular flexibility index (Phi) is 6.50. The minimum atomic E-state index is -1.53. The Morgan fingerprint density at radius 3 is 2.52 bits per heavy atom. The highest BCUT2D eigenvalue weighted by atomic mass is 35.5. The van der Waals surface area contributed by atoms with E-state index in [-0.39, 0.29) is 11.2 Å². The molecule has 11 heteroatoms. The number of hydrogen-bond donors (Lipinski definition) is 2. The second kappa shape index (κ2) is 9.19. The van der Waals surface area contributed by atoms with Crippen LogP contribution in [-0.4, -0.2) is 26.5 Å². The third-order valence-electron chi connectivity index (χ3n) is 4.97. The van der Waals surface area contributed by atoms with Crippen molar-refractivity contribution < 1.29 is 14.7 Å². The van der Waals surface area contributed by atoms with Gasteiger partial charge in [0.05, 0.1) is 20.9 Å². The average molecular weight is 525 g/mol. The average Bonchev–Trinajstić information content (AvgIpc) is 3.17. The van der Waals surface area contributed by atoms with Crippen LogP contribution in [0.4, 0.5) is 5.69 Å². The zero-order chi connectivity index (χ0) is 23.9. The first-order chi connectivity index (χ1) is 15.7. The standard InChI is InChI=1S/C22H13Cl4N3O4/c23-14-4-1-10(8-15(14)24)7-11-5-6-29-19(11)28-16-9-12(2-3-13(16)21(29)31)27-20(30)17(25)18(26)22(32)33/h1-4,7-9H,5-6H2,(H,27,30)(H,32,33). The number of anilines is 1. The van der Waals surface area contributed by atoms with Crippen molar-refractivity contribution in [3.8, 4) is 0 Å². The molecule has 33 heavy (non-hydrogen) atoms. The van der Waals surface area contributed by atoms with E-state index in [1.807, 2.05) is 12.1 Å². The predicted octanol–water partition coefficient (Wildman–Crippen LogP) is 5.36. The minimum absolute atomic E-state index is 0.211. The van der Waals surface area contributed by atoms with E-state index in [1.165, 1.54) is 18.2 Å². The topological polar surface area (TPSA) is 101 Å². The van der Waals surface area contributed by atoms with Crippen LogP contribution in [0.25, 0.3) is 22.6 Å². The number of fused-ring (bicyclic) bond motifs is 2. The van der Waals surface area contributed by atoms with Crippen LogP contribution < -0.4 is 10.9 Å². The second-order valence-corrected chi connectivity index (χ2v) is 8.67. The van der Waals surface area contributed by atoms with Crippen molar-refractivity contribution in [3.05, 3.63) is 78.2 Å². The van der Waals surface area contributed by atoms with Crippen molar-refractivity contribution in [2.75, 3.05) is 5.32 Å². The summed E-state index contributed by atoms with van der Waals surface area (Å²) in [6, 6.07) is 9.77. The van der Waals surface area contributed by atoms with Crippen LogP contribution in [0.3, 0.4) is 0 Å². The lowest BCUT2D eigenvalue weighted by atomic mass is 10.1. The van der Waals surface area contributed by atoms with Crippen molar-refractivity contribution in [1.29, 1.82) is 0 Å². The molecular weight excluding hydrogens is 512 g/mol. The summed E-state index contributed by atoms with van der Waals surface area (Å²) in [5, 5.41) is 11.1. The maximum Gasteiger partial charge on any atom is 0.349 e. The number of halogens is 4. The maximum absolute atomic E-state index is 13.0. The Morgan fingerprint density at radius 2 is 1.82 bits per heavy atom. The van der Waals surface area contributed by atoms with Crippen molar-refractivity contribution in [1.82, 2.24) is 9.55 Å². The van der Waals surface area contributed by atoms with E-state index < -0.39 is 21.9 Å². The largest absolute Gasteiger partial charge is 0.477 e. The summed E-state index contributed by atoms with van der Waals surface area (Å²) in [5.41, 5.74) is 2.08. The van der Waals surface area contributed by atoms with E-state index in [4.69, 9.17) is 51.5 Å². The van der Waals surface area contributed by atoms with Gasteiger partial charge in [-0.1, -0.05) is 52.5 Å². The molecule has 0 unspecified atom stereocenters. The fourth-order valence-corrected chi connectivity index (χ4v) is 3.94. The number of rotatable bonds is 4. The molecule has 2 aromatic carbocycles. The van der Waals surface area contributed by atoms with Gasteiger partial charge in [0.15, 0.2) is 0 Å². The molecule has 168 valence electrons. The van der Waals surface area contributed by atoms with Gasteiger partial charge in [-0.25, -0.2) is 9.78 Å². The molecule has 0 fully saturated rings. The number of amides is 1. The zero-order valence-electron chi connectivity index (χ0n) is 16.5. The third kappa shape index (κ3) is 4.63. The molecule has 1 aromatic heterocycles. The summed E-state index contributed by atoms with van der Waals surface area (Å²) in [4.78, 5) is 40.7. The number of nitrogens with zero attached hydrogens (tertiary/aromatic N) is 2. The molecule has 2 N–H and O–H groups in total. The second-order valence-electron chi connectivity index (χ2n) is 7.10. The van der Waals surface area contributed by atoms with Crippen LogP contribution in [0.2, 0.25) is 10.0 Å². The first-order valence-corrected chi connectivity index (χ1v) is 11.0. The van der Waals surface area contributed by atoms with Crippen LogP contribution in [0.15, 0.2) is 51.3 Å². The van der Waals surface area contributed by atoms with E-state index in [2.05, 4.69) is 10.3 Å². The Hall–Kier alpha value is -2.84. The molecule has 0 atom stereocenters. The number of aromatic nitrogens is 2. The first kappa shape index (κ1) is 23.3. The van der Waals surface area contributed by atoms with Gasteiger partial charge in [0.1, 0.15) is 15.9 Å². The zero-order valence-corrected chi connectivity index (χ0v) is 19.6. The van der Waals surface area contributed by atoms with Crippen molar-refractivity contribution >= 4 is 86.5 Å². The number of carbonyl (C=O) groups excluding carboxylic acids is 1. The number of benzene rings is 2. The number of carboxylic acid groups (broad SMARTS) is 1. The molecule has 1 amide bonds. The smallest absolute Gasteiger partial charge is 0.349 e. The number of aliphatic carboxylic acids is 1. The quantitative estimate of drug-likeness (QED) is 0.447. The van der Waals surface area contributed by atoms with Gasteiger partial charge in [-0.2, -0.15) is 0 Å². The van der Waals surface area contributed by atoms with E-state index in [1.54, 1.807) is 16.7 Å². The Labute approximate surface area is 206 Å². The lowest BCUT2D eigenvalue weighted by Gasteiger charge is -2.09. The first-order valence-electron chi connectivity index (χ1n) is 9.46. The minimum Gasteiger partial charge on any atom is -0.477 e. The third-order valence-corrected chi connectivity index (χ3v) is 6.52. The molecule has 0 bridgehead atoms. The fourth-order valence-electron chi connectivity index (χ4n) is 3.42. The van der Waals surface area contributed by atoms with Gasteiger partial charge in [-0.15, -0.1) is 0 Å². The molecular formula is C22H13Cl4N3O4. The molecule has 1 aliphatic rings. The van der Waals surface area contributed by atoms with E-state index in [9.17, 15) is 14.4 Å². The van der Waals surface area contributed by atoms with Gasteiger partial charge >= 0.3 is 5.97 Å². The van der Waals surface area contributed by atoms with Crippen LogP contribution in [0.1, 0.15) is 17.8 Å². The lowest BCUT2D eigenvalue weighted by Crippen LogP contribution is -2.21. The molecule has 0 spiro atoms. The Morgan fingerprint density at radius 1 is 1.06 bits per heavy atom. The van der Waals surface area contributed by atoms with Crippen molar-refractivity contribution in [3.63, 3.8) is 0 Å². The van der Waals surface area contributed by atoms with Gasteiger partial charge < -0.3 is 10.4 Å². The van der Waals surface area contributed by atoms with Crippen LogP contribution in [0.5, 0.6) is 0 Å². The molecule has 0 radical (unpaired) electrons. The molecule has 1 aliphatic heterocycles.